The van der Waals surface area contributed by atoms with Gasteiger partial charge < -0.3 is 4.74 Å². The molecule has 0 aromatic carbocycles. The Bertz CT molecular complexity index is 562. The molecule has 0 radical (unpaired) electrons. The van der Waals surface area contributed by atoms with Crippen molar-refractivity contribution >= 4 is 0 Å². The zero-order chi connectivity index (χ0) is 13.9. The van der Waals surface area contributed by atoms with Gasteiger partial charge in [-0.1, -0.05) is 0 Å². The molecule has 106 valence electrons. The van der Waals surface area contributed by atoms with E-state index >= 15 is 0 Å². The number of rotatable bonds is 4. The van der Waals surface area contributed by atoms with Gasteiger partial charge >= 0.3 is 0 Å². The van der Waals surface area contributed by atoms with E-state index in [0.717, 1.165) is 18.8 Å². The van der Waals surface area contributed by atoms with Crippen LogP contribution in [-0.4, -0.2) is 51.6 Å². The second-order valence-corrected chi connectivity index (χ2v) is 4.94. The number of pyridine rings is 1. The van der Waals surface area contributed by atoms with E-state index in [2.05, 4.69) is 25.3 Å². The highest BCUT2D eigenvalue weighted by molar-refractivity contribution is 5.15. The van der Waals surface area contributed by atoms with Gasteiger partial charge in [0.2, 0.25) is 0 Å². The van der Waals surface area contributed by atoms with Crippen molar-refractivity contribution in [1.82, 2.24) is 25.3 Å². The predicted molar refractivity (Wildman–Crippen MR) is 69.4 cm³/mol. The summed E-state index contributed by atoms with van der Waals surface area (Å²) < 4.78 is 19.2. The summed E-state index contributed by atoms with van der Waals surface area (Å²) in [6.45, 7) is 2.06. The van der Waals surface area contributed by atoms with Crippen LogP contribution in [-0.2, 0) is 11.3 Å². The van der Waals surface area contributed by atoms with Gasteiger partial charge in [-0.3, -0.25) is 9.88 Å². The SMILES string of the molecule is CO[C@@H]1CN(Cc2ccncc2F)C[C@H]1c1cn[nH]n1. The predicted octanol–water partition coefficient (Wildman–Crippen LogP) is 0.953. The van der Waals surface area contributed by atoms with Crippen LogP contribution in [0.15, 0.2) is 24.7 Å². The summed E-state index contributed by atoms with van der Waals surface area (Å²) in [6, 6.07) is 1.71. The number of hydrogen-bond acceptors (Lipinski definition) is 5. The molecule has 2 aromatic rings. The lowest BCUT2D eigenvalue weighted by Gasteiger charge is -2.15. The molecule has 0 unspecified atom stereocenters. The fraction of sp³-hybridized carbons (Fsp3) is 0.462. The molecular formula is C13H16FN5O. The minimum Gasteiger partial charge on any atom is -0.379 e. The maximum absolute atomic E-state index is 13.6. The molecule has 1 fully saturated rings. The average molecular weight is 277 g/mol. The Labute approximate surface area is 116 Å². The number of nitrogens with one attached hydrogen (secondary N) is 1. The first-order chi connectivity index (χ1) is 9.78. The van der Waals surface area contributed by atoms with Gasteiger partial charge in [0.15, 0.2) is 0 Å². The Morgan fingerprint density at radius 3 is 3.05 bits per heavy atom. The summed E-state index contributed by atoms with van der Waals surface area (Å²) in [5, 5.41) is 10.6. The molecular weight excluding hydrogens is 261 g/mol. The van der Waals surface area contributed by atoms with Crippen LogP contribution < -0.4 is 0 Å². The second-order valence-electron chi connectivity index (χ2n) is 4.94. The highest BCUT2D eigenvalue weighted by atomic mass is 19.1. The van der Waals surface area contributed by atoms with Gasteiger partial charge in [0, 0.05) is 44.4 Å². The summed E-state index contributed by atoms with van der Waals surface area (Å²) in [5.74, 6) is -0.116. The van der Waals surface area contributed by atoms with E-state index in [0.29, 0.717) is 12.1 Å². The highest BCUT2D eigenvalue weighted by Crippen LogP contribution is 2.29. The molecule has 2 atom stereocenters. The van der Waals surface area contributed by atoms with E-state index < -0.39 is 0 Å². The molecule has 7 heteroatoms. The molecule has 6 nitrogen and oxygen atoms in total. The number of aromatic nitrogens is 4. The van der Waals surface area contributed by atoms with Crippen molar-refractivity contribution in [3.8, 4) is 0 Å². The minimum absolute atomic E-state index is 0.0463. The number of methoxy groups -OCH3 is 1. The lowest BCUT2D eigenvalue weighted by Crippen LogP contribution is -2.23. The Morgan fingerprint density at radius 2 is 2.35 bits per heavy atom. The summed E-state index contributed by atoms with van der Waals surface area (Å²) in [4.78, 5) is 5.92. The van der Waals surface area contributed by atoms with E-state index in [-0.39, 0.29) is 17.8 Å². The third-order valence-corrected chi connectivity index (χ3v) is 3.71. The molecule has 0 amide bonds. The number of ether oxygens (including phenoxy) is 1. The molecule has 3 heterocycles. The van der Waals surface area contributed by atoms with Crippen molar-refractivity contribution in [3.63, 3.8) is 0 Å². The van der Waals surface area contributed by atoms with Gasteiger partial charge in [-0.25, -0.2) is 4.39 Å². The Balaban J connectivity index is 1.72. The Kier molecular flexibility index (Phi) is 3.70. The smallest absolute Gasteiger partial charge is 0.145 e. The lowest BCUT2D eigenvalue weighted by molar-refractivity contribution is 0.0956. The fourth-order valence-corrected chi connectivity index (χ4v) is 2.67. The van der Waals surface area contributed by atoms with E-state index in [1.54, 1.807) is 25.6 Å². The van der Waals surface area contributed by atoms with E-state index in [1.165, 1.54) is 6.20 Å². The molecule has 0 aliphatic carbocycles. The first-order valence-corrected chi connectivity index (χ1v) is 6.47. The number of hydrogen-bond donors (Lipinski definition) is 1. The molecule has 0 bridgehead atoms. The van der Waals surface area contributed by atoms with Crippen LogP contribution >= 0.6 is 0 Å². The molecule has 20 heavy (non-hydrogen) atoms. The van der Waals surface area contributed by atoms with Crippen LogP contribution in [0.3, 0.4) is 0 Å². The topological polar surface area (TPSA) is 66.9 Å². The third-order valence-electron chi connectivity index (χ3n) is 3.71. The highest BCUT2D eigenvalue weighted by Gasteiger charge is 2.35. The molecule has 3 rings (SSSR count). The molecule has 1 N–H and O–H groups in total. The maximum Gasteiger partial charge on any atom is 0.145 e. The number of aromatic amines is 1. The van der Waals surface area contributed by atoms with Crippen LogP contribution in [0, 0.1) is 5.82 Å². The first kappa shape index (κ1) is 13.1. The van der Waals surface area contributed by atoms with Crippen LogP contribution in [0.2, 0.25) is 0 Å². The van der Waals surface area contributed by atoms with Crippen molar-refractivity contribution in [2.75, 3.05) is 20.2 Å². The van der Waals surface area contributed by atoms with E-state index in [9.17, 15) is 4.39 Å². The van der Waals surface area contributed by atoms with Crippen molar-refractivity contribution in [2.45, 2.75) is 18.6 Å². The van der Waals surface area contributed by atoms with Crippen LogP contribution in [0.25, 0.3) is 0 Å². The van der Waals surface area contributed by atoms with Crippen LogP contribution in [0.5, 0.6) is 0 Å². The van der Waals surface area contributed by atoms with Crippen LogP contribution in [0.1, 0.15) is 17.2 Å². The number of nitrogens with zero attached hydrogens (tertiary/aromatic N) is 4. The second kappa shape index (κ2) is 5.64. The van der Waals surface area contributed by atoms with Crippen molar-refractivity contribution < 1.29 is 9.13 Å². The standard InChI is InChI=1S/C13H16FN5O/c1-20-13-8-19(6-9-2-3-15-4-11(9)14)7-10(13)12-5-16-18-17-12/h2-5,10,13H,6-8H2,1H3,(H,16,17,18)/t10-,13+/m0/s1. The van der Waals surface area contributed by atoms with E-state index in [1.807, 2.05) is 0 Å². The van der Waals surface area contributed by atoms with Gasteiger partial charge in [-0.05, 0) is 6.07 Å². The van der Waals surface area contributed by atoms with Crippen molar-refractivity contribution in [1.29, 1.82) is 0 Å². The fourth-order valence-electron chi connectivity index (χ4n) is 2.67. The Hall–Kier alpha value is -1.86. The third kappa shape index (κ3) is 2.54. The summed E-state index contributed by atoms with van der Waals surface area (Å²) in [6.07, 6.45) is 4.61. The number of halogens is 1. The largest absolute Gasteiger partial charge is 0.379 e. The van der Waals surface area contributed by atoms with Gasteiger partial charge in [0.05, 0.1) is 24.2 Å². The van der Waals surface area contributed by atoms with Gasteiger partial charge in [0.25, 0.3) is 0 Å². The van der Waals surface area contributed by atoms with Gasteiger partial charge in [-0.2, -0.15) is 15.4 Å². The number of likely N-dealkylation sites (tertiary alicyclic amines) is 1. The molecule has 0 saturated carbocycles. The first-order valence-electron chi connectivity index (χ1n) is 6.47. The Morgan fingerprint density at radius 1 is 1.45 bits per heavy atom. The molecule has 0 spiro atoms. The zero-order valence-corrected chi connectivity index (χ0v) is 11.2. The average Bonchev–Trinajstić information content (AvgIpc) is 3.09. The number of H-pyrrole nitrogens is 1. The quantitative estimate of drug-likeness (QED) is 0.901. The van der Waals surface area contributed by atoms with Crippen molar-refractivity contribution in [3.05, 3.63) is 41.7 Å². The summed E-state index contributed by atoms with van der Waals surface area (Å²) in [5.41, 5.74) is 1.53. The summed E-state index contributed by atoms with van der Waals surface area (Å²) >= 11 is 0. The van der Waals surface area contributed by atoms with E-state index in [4.69, 9.17) is 4.74 Å². The molecule has 1 aliphatic heterocycles. The molecule has 1 saturated heterocycles. The summed E-state index contributed by atoms with van der Waals surface area (Å²) in [7, 11) is 1.69. The monoisotopic (exact) mass is 277 g/mol. The maximum atomic E-state index is 13.6. The van der Waals surface area contributed by atoms with Crippen LogP contribution in [0.4, 0.5) is 4.39 Å². The molecule has 1 aliphatic rings. The van der Waals surface area contributed by atoms with Gasteiger partial charge in [0.1, 0.15) is 5.82 Å². The zero-order valence-electron chi connectivity index (χ0n) is 11.2. The van der Waals surface area contributed by atoms with Crippen molar-refractivity contribution in [2.24, 2.45) is 0 Å². The molecule has 2 aromatic heterocycles. The van der Waals surface area contributed by atoms with Gasteiger partial charge in [-0.15, -0.1) is 0 Å². The normalized spacial score (nSPS) is 23.3. The lowest BCUT2D eigenvalue weighted by atomic mass is 10.0. The minimum atomic E-state index is -0.272.